The molecule has 1 aromatic heterocycles. The quantitative estimate of drug-likeness (QED) is 0.892. The van der Waals surface area contributed by atoms with Gasteiger partial charge < -0.3 is 5.32 Å². The maximum Gasteiger partial charge on any atom is 0.271 e. The average molecular weight is 265 g/mol. The van der Waals surface area contributed by atoms with Gasteiger partial charge in [0.15, 0.2) is 0 Å². The highest BCUT2D eigenvalue weighted by Crippen LogP contribution is 2.43. The monoisotopic (exact) mass is 264 g/mol. The zero-order chi connectivity index (χ0) is 12.5. The van der Waals surface area contributed by atoms with Gasteiger partial charge in [-0.2, -0.15) is 0 Å². The van der Waals surface area contributed by atoms with Gasteiger partial charge in [0, 0.05) is 12.2 Å². The van der Waals surface area contributed by atoms with Gasteiger partial charge in [-0.15, -0.1) is 0 Å². The molecule has 1 aromatic rings. The molecule has 18 heavy (non-hydrogen) atoms. The van der Waals surface area contributed by atoms with E-state index < -0.39 is 0 Å². The highest BCUT2D eigenvalue weighted by atomic mass is 35.5. The van der Waals surface area contributed by atoms with E-state index in [1.54, 1.807) is 18.3 Å². The maximum atomic E-state index is 12.1. The highest BCUT2D eigenvalue weighted by molar-refractivity contribution is 6.33. The zero-order valence-corrected chi connectivity index (χ0v) is 11.0. The highest BCUT2D eigenvalue weighted by Gasteiger charge is 2.37. The molecule has 1 heterocycles. The smallest absolute Gasteiger partial charge is 0.271 e. The first-order valence-corrected chi connectivity index (χ1v) is 7.03. The summed E-state index contributed by atoms with van der Waals surface area (Å²) in [5, 5.41) is 3.50. The van der Waals surface area contributed by atoms with Crippen molar-refractivity contribution in [1.82, 2.24) is 10.3 Å². The number of hydrogen-bond donors (Lipinski definition) is 1. The Kier molecular flexibility index (Phi) is 3.25. The van der Waals surface area contributed by atoms with Gasteiger partial charge in [0.1, 0.15) is 5.69 Å². The number of pyridine rings is 1. The Hall–Kier alpha value is -1.09. The Balaban J connectivity index is 1.64. The summed E-state index contributed by atoms with van der Waals surface area (Å²) in [4.78, 5) is 16.1. The lowest BCUT2D eigenvalue weighted by atomic mass is 10.0. The van der Waals surface area contributed by atoms with Crippen LogP contribution in [0.1, 0.15) is 42.6 Å². The molecule has 2 aliphatic carbocycles. The largest absolute Gasteiger partial charge is 0.348 e. The van der Waals surface area contributed by atoms with Gasteiger partial charge in [0.2, 0.25) is 0 Å². The second kappa shape index (κ2) is 4.88. The van der Waals surface area contributed by atoms with E-state index in [0.717, 1.165) is 24.7 Å². The van der Waals surface area contributed by atoms with E-state index >= 15 is 0 Å². The standard InChI is InChI=1S/C14H17ClN2O/c15-12-5-2-6-16-13(12)14(18)17-11-7-9-3-1-4-10(9)8-11/h2,5-6,9-11H,1,3-4,7-8H2,(H,17,18)/t9-,10+,11?. The lowest BCUT2D eigenvalue weighted by molar-refractivity contribution is 0.0931. The van der Waals surface area contributed by atoms with Gasteiger partial charge in [-0.3, -0.25) is 4.79 Å². The van der Waals surface area contributed by atoms with E-state index in [1.807, 2.05) is 0 Å². The first-order valence-electron chi connectivity index (χ1n) is 6.65. The van der Waals surface area contributed by atoms with Crippen LogP contribution >= 0.6 is 11.6 Å². The predicted molar refractivity (Wildman–Crippen MR) is 70.6 cm³/mol. The summed E-state index contributed by atoms with van der Waals surface area (Å²) >= 11 is 5.98. The summed E-state index contributed by atoms with van der Waals surface area (Å²) in [7, 11) is 0. The molecule has 0 saturated heterocycles. The molecule has 0 radical (unpaired) electrons. The zero-order valence-electron chi connectivity index (χ0n) is 10.2. The van der Waals surface area contributed by atoms with Crippen molar-refractivity contribution in [2.45, 2.75) is 38.1 Å². The normalized spacial score (nSPS) is 30.2. The molecule has 3 nitrogen and oxygen atoms in total. The van der Waals surface area contributed by atoms with Gasteiger partial charge in [-0.1, -0.05) is 30.9 Å². The summed E-state index contributed by atoms with van der Waals surface area (Å²) in [6.07, 6.45) is 7.89. The van der Waals surface area contributed by atoms with E-state index in [1.165, 1.54) is 19.3 Å². The van der Waals surface area contributed by atoms with Gasteiger partial charge in [0.05, 0.1) is 5.02 Å². The third kappa shape index (κ3) is 2.24. The number of nitrogens with zero attached hydrogens (tertiary/aromatic N) is 1. The van der Waals surface area contributed by atoms with Gasteiger partial charge >= 0.3 is 0 Å². The summed E-state index contributed by atoms with van der Waals surface area (Å²) < 4.78 is 0. The molecule has 1 amide bonds. The van der Waals surface area contributed by atoms with E-state index in [4.69, 9.17) is 11.6 Å². The van der Waals surface area contributed by atoms with Crippen molar-refractivity contribution in [3.05, 3.63) is 29.0 Å². The van der Waals surface area contributed by atoms with Crippen molar-refractivity contribution in [2.75, 3.05) is 0 Å². The van der Waals surface area contributed by atoms with Crippen LogP contribution in [-0.2, 0) is 0 Å². The van der Waals surface area contributed by atoms with Crippen LogP contribution in [0, 0.1) is 11.8 Å². The first-order chi connectivity index (χ1) is 8.74. The van der Waals surface area contributed by atoms with Crippen molar-refractivity contribution in [2.24, 2.45) is 11.8 Å². The van der Waals surface area contributed by atoms with Crippen LogP contribution in [0.15, 0.2) is 18.3 Å². The van der Waals surface area contributed by atoms with E-state index in [-0.39, 0.29) is 5.91 Å². The number of halogens is 1. The number of fused-ring (bicyclic) bond motifs is 1. The van der Waals surface area contributed by atoms with Crippen LogP contribution in [-0.4, -0.2) is 16.9 Å². The molecule has 0 aromatic carbocycles. The fourth-order valence-corrected chi connectivity index (χ4v) is 3.69. The molecule has 2 aliphatic rings. The summed E-state index contributed by atoms with van der Waals surface area (Å²) in [5.74, 6) is 1.52. The molecule has 0 spiro atoms. The molecule has 1 unspecified atom stereocenters. The fraction of sp³-hybridized carbons (Fsp3) is 0.571. The predicted octanol–water partition coefficient (Wildman–Crippen LogP) is 3.04. The van der Waals surface area contributed by atoms with Gasteiger partial charge in [0.25, 0.3) is 5.91 Å². The molecule has 96 valence electrons. The Morgan fingerprint density at radius 3 is 2.72 bits per heavy atom. The number of rotatable bonds is 2. The molecule has 0 aliphatic heterocycles. The maximum absolute atomic E-state index is 12.1. The molecule has 2 saturated carbocycles. The van der Waals surface area contributed by atoms with Crippen LogP contribution in [0.2, 0.25) is 5.02 Å². The van der Waals surface area contributed by atoms with Crippen LogP contribution in [0.25, 0.3) is 0 Å². The van der Waals surface area contributed by atoms with Crippen molar-refractivity contribution >= 4 is 17.5 Å². The van der Waals surface area contributed by atoms with Crippen molar-refractivity contribution < 1.29 is 4.79 Å². The number of aromatic nitrogens is 1. The Bertz CT molecular complexity index is 451. The minimum atomic E-state index is -0.134. The summed E-state index contributed by atoms with van der Waals surface area (Å²) in [5.41, 5.74) is 0.344. The Morgan fingerprint density at radius 2 is 2.06 bits per heavy atom. The number of carbonyl (C=O) groups is 1. The first kappa shape index (κ1) is 12.0. The van der Waals surface area contributed by atoms with Gasteiger partial charge in [-0.25, -0.2) is 4.98 Å². The van der Waals surface area contributed by atoms with E-state index in [9.17, 15) is 4.79 Å². The van der Waals surface area contributed by atoms with Crippen LogP contribution < -0.4 is 5.32 Å². The summed E-state index contributed by atoms with van der Waals surface area (Å²) in [6.45, 7) is 0. The molecule has 4 heteroatoms. The van der Waals surface area contributed by atoms with Crippen LogP contribution in [0.5, 0.6) is 0 Å². The van der Waals surface area contributed by atoms with Crippen LogP contribution in [0.4, 0.5) is 0 Å². The topological polar surface area (TPSA) is 42.0 Å². The molecule has 3 rings (SSSR count). The van der Waals surface area contributed by atoms with Gasteiger partial charge in [-0.05, 0) is 36.8 Å². The minimum absolute atomic E-state index is 0.134. The molecular weight excluding hydrogens is 248 g/mol. The van der Waals surface area contributed by atoms with Crippen molar-refractivity contribution in [1.29, 1.82) is 0 Å². The number of amides is 1. The third-order valence-electron chi connectivity index (χ3n) is 4.30. The van der Waals surface area contributed by atoms with E-state index in [0.29, 0.717) is 16.8 Å². The Morgan fingerprint density at radius 1 is 1.33 bits per heavy atom. The second-order valence-electron chi connectivity index (χ2n) is 5.43. The van der Waals surface area contributed by atoms with Crippen molar-refractivity contribution in [3.8, 4) is 0 Å². The second-order valence-corrected chi connectivity index (χ2v) is 5.83. The molecular formula is C14H17ClN2O. The van der Waals surface area contributed by atoms with E-state index in [2.05, 4.69) is 10.3 Å². The number of nitrogens with one attached hydrogen (secondary N) is 1. The lowest BCUT2D eigenvalue weighted by Gasteiger charge is -2.13. The SMILES string of the molecule is O=C(NC1C[C@H]2CCC[C@H]2C1)c1ncccc1Cl. The minimum Gasteiger partial charge on any atom is -0.348 e. The molecule has 0 bridgehead atoms. The summed E-state index contributed by atoms with van der Waals surface area (Å²) in [6, 6.07) is 3.75. The molecule has 1 N–H and O–H groups in total. The number of carbonyl (C=O) groups excluding carboxylic acids is 1. The third-order valence-corrected chi connectivity index (χ3v) is 4.60. The number of hydrogen-bond acceptors (Lipinski definition) is 2. The van der Waals surface area contributed by atoms with Crippen molar-refractivity contribution in [3.63, 3.8) is 0 Å². The molecule has 3 atom stereocenters. The lowest BCUT2D eigenvalue weighted by Crippen LogP contribution is -2.34. The average Bonchev–Trinajstić information content (AvgIpc) is 2.90. The molecule has 2 fully saturated rings. The van der Waals surface area contributed by atoms with Crippen LogP contribution in [0.3, 0.4) is 0 Å². The Labute approximate surface area is 112 Å². The fourth-order valence-electron chi connectivity index (χ4n) is 3.49.